The second kappa shape index (κ2) is 4.74. The van der Waals surface area contributed by atoms with Crippen LogP contribution in [0.25, 0.3) is 16.9 Å². The molecule has 2 N–H and O–H groups in total. The Morgan fingerprint density at radius 2 is 1.76 bits per heavy atom. The lowest BCUT2D eigenvalue weighted by atomic mass is 10.0. The molecule has 0 fully saturated rings. The van der Waals surface area contributed by atoms with Crippen LogP contribution in [0.15, 0.2) is 48.5 Å². The minimum Gasteiger partial charge on any atom is -0.382 e. The van der Waals surface area contributed by atoms with Gasteiger partial charge in [0.1, 0.15) is 5.69 Å². The van der Waals surface area contributed by atoms with Gasteiger partial charge in [0.2, 0.25) is 0 Å². The van der Waals surface area contributed by atoms with Crippen molar-refractivity contribution in [2.45, 2.75) is 19.3 Å². The zero-order valence-electron chi connectivity index (χ0n) is 11.7. The summed E-state index contributed by atoms with van der Waals surface area (Å²) in [5.74, 6) is 0.583. The van der Waals surface area contributed by atoms with E-state index in [1.54, 1.807) is 4.68 Å². The van der Waals surface area contributed by atoms with E-state index in [0.29, 0.717) is 5.82 Å². The Morgan fingerprint density at radius 3 is 2.62 bits per heavy atom. The molecule has 1 aliphatic rings. The average Bonchev–Trinajstić information content (AvgIpc) is 3.13. The number of aromatic nitrogens is 3. The molecule has 104 valence electrons. The highest BCUT2D eigenvalue weighted by molar-refractivity contribution is 5.72. The number of rotatable bonds is 2. The number of hydrogen-bond donors (Lipinski definition) is 1. The van der Waals surface area contributed by atoms with E-state index in [1.807, 2.05) is 30.3 Å². The molecule has 2 aromatic carbocycles. The largest absolute Gasteiger partial charge is 0.382 e. The summed E-state index contributed by atoms with van der Waals surface area (Å²) in [5, 5.41) is 8.47. The third kappa shape index (κ3) is 2.00. The van der Waals surface area contributed by atoms with Crippen LogP contribution in [0, 0.1) is 0 Å². The smallest absolute Gasteiger partial charge is 0.155 e. The molecular formula is C17H16N4. The fourth-order valence-electron chi connectivity index (χ4n) is 2.97. The van der Waals surface area contributed by atoms with E-state index in [1.165, 1.54) is 24.0 Å². The quantitative estimate of drug-likeness (QED) is 0.782. The van der Waals surface area contributed by atoms with Gasteiger partial charge in [0.15, 0.2) is 5.82 Å². The lowest BCUT2D eigenvalue weighted by Gasteiger charge is -2.05. The van der Waals surface area contributed by atoms with E-state index in [9.17, 15) is 0 Å². The zero-order valence-corrected chi connectivity index (χ0v) is 11.7. The number of aryl methyl sites for hydroxylation is 2. The van der Waals surface area contributed by atoms with Gasteiger partial charge in [0.25, 0.3) is 0 Å². The summed E-state index contributed by atoms with van der Waals surface area (Å²) < 4.78 is 1.68. The highest BCUT2D eigenvalue weighted by Gasteiger charge is 2.16. The number of anilines is 1. The Labute approximate surface area is 123 Å². The number of nitrogens with two attached hydrogens (primary N) is 1. The van der Waals surface area contributed by atoms with Crippen molar-refractivity contribution in [2.24, 2.45) is 0 Å². The molecule has 0 unspecified atom stereocenters. The van der Waals surface area contributed by atoms with Crippen LogP contribution in [0.2, 0.25) is 0 Å². The van der Waals surface area contributed by atoms with E-state index in [4.69, 9.17) is 5.73 Å². The third-order valence-electron chi connectivity index (χ3n) is 4.08. The van der Waals surface area contributed by atoms with Gasteiger partial charge >= 0.3 is 0 Å². The van der Waals surface area contributed by atoms with Gasteiger partial charge in [-0.25, -0.2) is 0 Å². The molecular weight excluding hydrogens is 260 g/mol. The second-order valence-electron chi connectivity index (χ2n) is 5.41. The molecule has 0 bridgehead atoms. The van der Waals surface area contributed by atoms with Crippen molar-refractivity contribution in [1.29, 1.82) is 0 Å². The van der Waals surface area contributed by atoms with Crippen molar-refractivity contribution in [3.63, 3.8) is 0 Å². The molecule has 0 saturated carbocycles. The van der Waals surface area contributed by atoms with Gasteiger partial charge in [-0.15, -0.1) is 5.10 Å². The van der Waals surface area contributed by atoms with Crippen molar-refractivity contribution in [3.05, 3.63) is 59.7 Å². The topological polar surface area (TPSA) is 56.7 Å². The maximum absolute atomic E-state index is 6.25. The molecule has 4 rings (SSSR count). The number of benzene rings is 2. The van der Waals surface area contributed by atoms with Crippen LogP contribution in [-0.4, -0.2) is 15.0 Å². The summed E-state index contributed by atoms with van der Waals surface area (Å²) in [4.78, 5) is 0. The highest BCUT2D eigenvalue weighted by Crippen LogP contribution is 2.30. The first-order valence-corrected chi connectivity index (χ1v) is 7.22. The van der Waals surface area contributed by atoms with Crippen molar-refractivity contribution in [2.75, 3.05) is 5.73 Å². The summed E-state index contributed by atoms with van der Waals surface area (Å²) in [6.45, 7) is 0. The fraction of sp³-hybridized carbons (Fsp3) is 0.176. The van der Waals surface area contributed by atoms with Crippen LogP contribution >= 0.6 is 0 Å². The second-order valence-corrected chi connectivity index (χ2v) is 5.41. The van der Waals surface area contributed by atoms with E-state index in [-0.39, 0.29) is 0 Å². The van der Waals surface area contributed by atoms with Gasteiger partial charge in [0, 0.05) is 5.56 Å². The molecule has 1 heterocycles. The van der Waals surface area contributed by atoms with Crippen LogP contribution in [0.1, 0.15) is 17.5 Å². The first-order valence-electron chi connectivity index (χ1n) is 7.22. The molecule has 1 aliphatic carbocycles. The maximum atomic E-state index is 6.25. The molecule has 4 heteroatoms. The first kappa shape index (κ1) is 12.1. The summed E-state index contributed by atoms with van der Waals surface area (Å²) in [6, 6.07) is 16.3. The number of nitrogens with zero attached hydrogens (tertiary/aromatic N) is 3. The Kier molecular flexibility index (Phi) is 2.74. The maximum Gasteiger partial charge on any atom is 0.155 e. The molecule has 0 amide bonds. The van der Waals surface area contributed by atoms with Crippen LogP contribution in [-0.2, 0) is 12.8 Å². The van der Waals surface area contributed by atoms with Crippen LogP contribution < -0.4 is 5.73 Å². The van der Waals surface area contributed by atoms with E-state index in [2.05, 4.69) is 28.5 Å². The van der Waals surface area contributed by atoms with E-state index < -0.39 is 0 Å². The third-order valence-corrected chi connectivity index (χ3v) is 4.08. The molecule has 21 heavy (non-hydrogen) atoms. The monoisotopic (exact) mass is 276 g/mol. The summed E-state index contributed by atoms with van der Waals surface area (Å²) in [5.41, 5.74) is 11.9. The Bertz CT molecular complexity index is 790. The minimum absolute atomic E-state index is 0.583. The fourth-order valence-corrected chi connectivity index (χ4v) is 2.97. The Hall–Kier alpha value is -2.62. The van der Waals surface area contributed by atoms with E-state index >= 15 is 0 Å². The lowest BCUT2D eigenvalue weighted by Crippen LogP contribution is -2.02. The van der Waals surface area contributed by atoms with Crippen LogP contribution in [0.5, 0.6) is 0 Å². The minimum atomic E-state index is 0.583. The van der Waals surface area contributed by atoms with Crippen molar-refractivity contribution >= 4 is 5.82 Å². The molecule has 3 aromatic rings. The molecule has 1 aromatic heterocycles. The van der Waals surface area contributed by atoms with E-state index in [0.717, 1.165) is 23.4 Å². The number of para-hydroxylation sites is 1. The standard InChI is InChI=1S/C17H16N4/c18-17-16(14-10-9-12-5-4-6-13(12)11-14)19-20-21(17)15-7-2-1-3-8-15/h1-3,7-11H,4-6,18H2. The molecule has 0 saturated heterocycles. The van der Waals surface area contributed by atoms with Gasteiger partial charge in [-0.2, -0.15) is 4.68 Å². The summed E-state index contributed by atoms with van der Waals surface area (Å²) in [6.07, 6.45) is 3.57. The highest BCUT2D eigenvalue weighted by atomic mass is 15.5. The summed E-state index contributed by atoms with van der Waals surface area (Å²) in [7, 11) is 0. The van der Waals surface area contributed by atoms with Gasteiger partial charge < -0.3 is 5.73 Å². The first-order chi connectivity index (χ1) is 10.3. The van der Waals surface area contributed by atoms with Crippen molar-refractivity contribution in [3.8, 4) is 16.9 Å². The van der Waals surface area contributed by atoms with Crippen LogP contribution in [0.4, 0.5) is 5.82 Å². The van der Waals surface area contributed by atoms with Crippen molar-refractivity contribution < 1.29 is 0 Å². The van der Waals surface area contributed by atoms with Gasteiger partial charge in [0.05, 0.1) is 5.69 Å². The van der Waals surface area contributed by atoms with Crippen molar-refractivity contribution in [1.82, 2.24) is 15.0 Å². The number of nitrogen functional groups attached to an aromatic ring is 1. The molecule has 0 aliphatic heterocycles. The van der Waals surface area contributed by atoms with Crippen LogP contribution in [0.3, 0.4) is 0 Å². The Balaban J connectivity index is 1.79. The molecule has 4 nitrogen and oxygen atoms in total. The Morgan fingerprint density at radius 1 is 0.952 bits per heavy atom. The predicted molar refractivity (Wildman–Crippen MR) is 83.2 cm³/mol. The molecule has 0 radical (unpaired) electrons. The van der Waals surface area contributed by atoms with Gasteiger partial charge in [-0.3, -0.25) is 0 Å². The van der Waals surface area contributed by atoms with Gasteiger partial charge in [-0.05, 0) is 48.6 Å². The predicted octanol–water partition coefficient (Wildman–Crippen LogP) is 3.01. The molecule has 0 atom stereocenters. The lowest BCUT2D eigenvalue weighted by molar-refractivity contribution is 0.810. The SMILES string of the molecule is Nc1c(-c2ccc3c(c2)CCC3)nnn1-c1ccccc1. The zero-order chi connectivity index (χ0) is 14.2. The van der Waals surface area contributed by atoms with Gasteiger partial charge in [-0.1, -0.05) is 35.5 Å². The summed E-state index contributed by atoms with van der Waals surface area (Å²) >= 11 is 0. The molecule has 0 spiro atoms. The normalized spacial score (nSPS) is 13.3. The number of hydrogen-bond acceptors (Lipinski definition) is 3. The number of fused-ring (bicyclic) bond motifs is 1. The average molecular weight is 276 g/mol.